The summed E-state index contributed by atoms with van der Waals surface area (Å²) in [4.78, 5) is 11.9. The minimum atomic E-state index is -0.378. The molecule has 19 heavy (non-hydrogen) atoms. The van der Waals surface area contributed by atoms with E-state index in [1.807, 2.05) is 0 Å². The molecule has 0 aliphatic carbocycles. The molecule has 0 atom stereocenters. The van der Waals surface area contributed by atoms with Crippen LogP contribution >= 0.6 is 11.6 Å². The molecule has 0 spiro atoms. The smallest absolute Gasteiger partial charge is 0.287 e. The second-order valence-electron chi connectivity index (χ2n) is 3.57. The molecule has 0 saturated carbocycles. The lowest BCUT2D eigenvalue weighted by atomic mass is 10.4. The predicted octanol–water partition coefficient (Wildman–Crippen LogP) is -0.332. The van der Waals surface area contributed by atoms with Gasteiger partial charge in [0.05, 0.1) is 31.6 Å². The molecule has 102 valence electrons. The summed E-state index contributed by atoms with van der Waals surface area (Å²) in [6.45, 7) is 1.03. The standard InChI is InChI=1S/C9H12ClN7O2/c1-19-3-2-17-9(18)8(10)6(4-12-17)11-5-7-13-15-16-14-7/h4,11H,2-3,5H2,1H3,(H,13,14,15,16). The van der Waals surface area contributed by atoms with E-state index in [0.717, 1.165) is 0 Å². The monoisotopic (exact) mass is 285 g/mol. The van der Waals surface area contributed by atoms with Gasteiger partial charge >= 0.3 is 0 Å². The highest BCUT2D eigenvalue weighted by atomic mass is 35.5. The van der Waals surface area contributed by atoms with Gasteiger partial charge in [-0.15, -0.1) is 10.2 Å². The first kappa shape index (κ1) is 13.4. The number of H-pyrrole nitrogens is 1. The number of aromatic nitrogens is 6. The molecule has 0 bridgehead atoms. The average molecular weight is 286 g/mol. The van der Waals surface area contributed by atoms with Crippen LogP contribution < -0.4 is 10.9 Å². The maximum atomic E-state index is 11.9. The molecule has 2 heterocycles. The van der Waals surface area contributed by atoms with E-state index in [0.29, 0.717) is 31.2 Å². The maximum Gasteiger partial charge on any atom is 0.287 e. The van der Waals surface area contributed by atoms with Crippen LogP contribution in [0.15, 0.2) is 11.0 Å². The van der Waals surface area contributed by atoms with Gasteiger partial charge in [0.2, 0.25) is 0 Å². The topological polar surface area (TPSA) is 111 Å². The normalized spacial score (nSPS) is 10.6. The Morgan fingerprint density at radius 2 is 2.42 bits per heavy atom. The fourth-order valence-electron chi connectivity index (χ4n) is 1.36. The predicted molar refractivity (Wildman–Crippen MR) is 66.9 cm³/mol. The molecule has 2 aromatic rings. The summed E-state index contributed by atoms with van der Waals surface area (Å²) in [5.41, 5.74) is 0.0435. The zero-order valence-corrected chi connectivity index (χ0v) is 10.9. The highest BCUT2D eigenvalue weighted by Crippen LogP contribution is 2.15. The van der Waals surface area contributed by atoms with Gasteiger partial charge in [-0.1, -0.05) is 16.8 Å². The molecule has 2 rings (SSSR count). The van der Waals surface area contributed by atoms with Crippen LogP contribution in [0, 0.1) is 0 Å². The van der Waals surface area contributed by atoms with Gasteiger partial charge in [-0.2, -0.15) is 10.3 Å². The van der Waals surface area contributed by atoms with E-state index in [1.54, 1.807) is 7.11 Å². The number of rotatable bonds is 6. The van der Waals surface area contributed by atoms with Crippen LogP contribution in [-0.4, -0.2) is 44.1 Å². The zero-order valence-electron chi connectivity index (χ0n) is 10.1. The number of methoxy groups -OCH3 is 1. The van der Waals surface area contributed by atoms with Crippen LogP contribution in [0.3, 0.4) is 0 Å². The van der Waals surface area contributed by atoms with Crippen LogP contribution in [0.4, 0.5) is 5.69 Å². The highest BCUT2D eigenvalue weighted by molar-refractivity contribution is 6.32. The van der Waals surface area contributed by atoms with Crippen LogP contribution in [0.25, 0.3) is 0 Å². The Balaban J connectivity index is 2.09. The van der Waals surface area contributed by atoms with E-state index < -0.39 is 0 Å². The van der Waals surface area contributed by atoms with Crippen LogP contribution in [-0.2, 0) is 17.8 Å². The van der Waals surface area contributed by atoms with Crippen molar-refractivity contribution >= 4 is 17.3 Å². The molecular formula is C9H12ClN7O2. The van der Waals surface area contributed by atoms with Gasteiger partial charge in [-0.05, 0) is 0 Å². The average Bonchev–Trinajstić information content (AvgIpc) is 2.92. The number of tetrazole rings is 1. The van der Waals surface area contributed by atoms with E-state index in [9.17, 15) is 4.79 Å². The van der Waals surface area contributed by atoms with Crippen molar-refractivity contribution < 1.29 is 4.74 Å². The fourth-order valence-corrected chi connectivity index (χ4v) is 1.57. The molecule has 0 aromatic carbocycles. The van der Waals surface area contributed by atoms with Gasteiger partial charge in [-0.25, -0.2) is 4.68 Å². The van der Waals surface area contributed by atoms with Gasteiger partial charge < -0.3 is 10.1 Å². The molecule has 0 aliphatic heterocycles. The first-order chi connectivity index (χ1) is 9.22. The number of nitrogens with one attached hydrogen (secondary N) is 2. The highest BCUT2D eigenvalue weighted by Gasteiger charge is 2.09. The van der Waals surface area contributed by atoms with Crippen molar-refractivity contribution in [1.29, 1.82) is 0 Å². The van der Waals surface area contributed by atoms with Crippen molar-refractivity contribution in [1.82, 2.24) is 30.4 Å². The molecule has 10 heteroatoms. The number of nitrogens with zero attached hydrogens (tertiary/aromatic N) is 5. The molecule has 0 unspecified atom stereocenters. The third-order valence-electron chi connectivity index (χ3n) is 2.32. The Kier molecular flexibility index (Phi) is 4.42. The Bertz CT molecular complexity index is 583. The number of hydrogen-bond acceptors (Lipinski definition) is 7. The van der Waals surface area contributed by atoms with Gasteiger partial charge in [0, 0.05) is 7.11 Å². The Labute approximate surface area is 112 Å². The van der Waals surface area contributed by atoms with Crippen molar-refractivity contribution in [2.75, 3.05) is 19.0 Å². The zero-order chi connectivity index (χ0) is 13.7. The van der Waals surface area contributed by atoms with E-state index in [4.69, 9.17) is 16.3 Å². The summed E-state index contributed by atoms with van der Waals surface area (Å²) in [5.74, 6) is 0.458. The molecule has 2 aromatic heterocycles. The van der Waals surface area contributed by atoms with E-state index >= 15 is 0 Å². The summed E-state index contributed by atoms with van der Waals surface area (Å²) in [7, 11) is 1.55. The van der Waals surface area contributed by atoms with Crippen LogP contribution in [0.5, 0.6) is 0 Å². The van der Waals surface area contributed by atoms with Crippen molar-refractivity contribution in [3.63, 3.8) is 0 Å². The second kappa shape index (κ2) is 6.25. The summed E-state index contributed by atoms with van der Waals surface area (Å²) >= 11 is 5.98. The fraction of sp³-hybridized carbons (Fsp3) is 0.444. The number of aromatic amines is 1. The molecular weight excluding hydrogens is 274 g/mol. The first-order valence-electron chi connectivity index (χ1n) is 5.43. The summed E-state index contributed by atoms with van der Waals surface area (Å²) in [6.07, 6.45) is 1.47. The first-order valence-corrected chi connectivity index (χ1v) is 5.81. The van der Waals surface area contributed by atoms with Gasteiger partial charge in [0.1, 0.15) is 5.02 Å². The Morgan fingerprint density at radius 1 is 1.58 bits per heavy atom. The van der Waals surface area contributed by atoms with Gasteiger partial charge in [-0.3, -0.25) is 4.79 Å². The summed E-state index contributed by atoms with van der Waals surface area (Å²) in [6, 6.07) is 0. The van der Waals surface area contributed by atoms with Gasteiger partial charge in [0.25, 0.3) is 5.56 Å². The summed E-state index contributed by atoms with van der Waals surface area (Å²) < 4.78 is 6.12. The van der Waals surface area contributed by atoms with E-state index in [2.05, 4.69) is 31.0 Å². The lowest BCUT2D eigenvalue weighted by Gasteiger charge is -2.08. The van der Waals surface area contributed by atoms with E-state index in [1.165, 1.54) is 10.9 Å². The van der Waals surface area contributed by atoms with Crippen molar-refractivity contribution in [2.45, 2.75) is 13.1 Å². The lowest BCUT2D eigenvalue weighted by molar-refractivity contribution is 0.182. The van der Waals surface area contributed by atoms with Crippen molar-refractivity contribution in [3.05, 3.63) is 27.4 Å². The number of anilines is 1. The minimum absolute atomic E-state index is 0.0644. The van der Waals surface area contributed by atoms with Crippen LogP contribution in [0.2, 0.25) is 5.02 Å². The minimum Gasteiger partial charge on any atom is -0.383 e. The molecule has 0 radical (unpaired) electrons. The third-order valence-corrected chi connectivity index (χ3v) is 2.68. The molecule has 0 saturated heterocycles. The third kappa shape index (κ3) is 3.26. The lowest BCUT2D eigenvalue weighted by Crippen LogP contribution is -2.26. The van der Waals surface area contributed by atoms with Crippen molar-refractivity contribution in [2.24, 2.45) is 0 Å². The van der Waals surface area contributed by atoms with Gasteiger partial charge in [0.15, 0.2) is 5.82 Å². The Morgan fingerprint density at radius 3 is 3.11 bits per heavy atom. The van der Waals surface area contributed by atoms with Crippen LogP contribution in [0.1, 0.15) is 5.82 Å². The number of hydrogen-bond donors (Lipinski definition) is 2. The molecule has 0 fully saturated rings. The van der Waals surface area contributed by atoms with Crippen molar-refractivity contribution in [3.8, 4) is 0 Å². The maximum absolute atomic E-state index is 11.9. The largest absolute Gasteiger partial charge is 0.383 e. The SMILES string of the molecule is COCCn1ncc(NCc2nn[nH]n2)c(Cl)c1=O. The Hall–Kier alpha value is -2.00. The molecule has 9 nitrogen and oxygen atoms in total. The molecule has 2 N–H and O–H groups in total. The number of halogens is 1. The second-order valence-corrected chi connectivity index (χ2v) is 3.95. The number of ether oxygens (including phenoxy) is 1. The quantitative estimate of drug-likeness (QED) is 0.747. The van der Waals surface area contributed by atoms with E-state index in [-0.39, 0.29) is 10.6 Å². The summed E-state index contributed by atoms with van der Waals surface area (Å²) in [5, 5.41) is 20.2. The molecule has 0 amide bonds. The molecule has 0 aliphatic rings.